The van der Waals surface area contributed by atoms with Crippen LogP contribution in [0.15, 0.2) is 42.7 Å². The minimum Gasteiger partial charge on any atom is -0.360 e. The lowest BCUT2D eigenvalue weighted by atomic mass is 9.82. The number of nitrogens with one attached hydrogen (secondary N) is 1. The zero-order valence-electron chi connectivity index (χ0n) is 19.3. The molecule has 4 aromatic rings. The van der Waals surface area contributed by atoms with E-state index >= 15 is 0 Å². The zero-order valence-corrected chi connectivity index (χ0v) is 19.3. The van der Waals surface area contributed by atoms with Crippen LogP contribution in [-0.4, -0.2) is 19.5 Å². The standard InChI is InChI=1S/C26H34N4/c1-16(2)20-15-27-22-10-11-23(29-24(20)22)26(6,7)14-18(5)30-13-12-19-8-9-21(17(3)4)28-25(19)30/h8-13,15-18,27H,14H2,1-7H3. The van der Waals surface area contributed by atoms with Gasteiger partial charge in [0.1, 0.15) is 5.65 Å². The highest BCUT2D eigenvalue weighted by Gasteiger charge is 2.27. The molecule has 1 unspecified atom stereocenters. The molecule has 4 heterocycles. The van der Waals surface area contributed by atoms with Gasteiger partial charge in [-0.15, -0.1) is 0 Å². The molecule has 158 valence electrons. The van der Waals surface area contributed by atoms with E-state index in [1.165, 1.54) is 10.9 Å². The second kappa shape index (κ2) is 7.57. The number of pyridine rings is 2. The van der Waals surface area contributed by atoms with Crippen molar-refractivity contribution in [3.63, 3.8) is 0 Å². The van der Waals surface area contributed by atoms with Crippen molar-refractivity contribution in [1.29, 1.82) is 0 Å². The van der Waals surface area contributed by atoms with Crippen molar-refractivity contribution >= 4 is 22.1 Å². The van der Waals surface area contributed by atoms with Crippen LogP contribution in [0, 0.1) is 0 Å². The van der Waals surface area contributed by atoms with Crippen molar-refractivity contribution in [2.75, 3.05) is 0 Å². The summed E-state index contributed by atoms with van der Waals surface area (Å²) in [6.07, 6.45) is 5.28. The number of hydrogen-bond acceptors (Lipinski definition) is 2. The molecule has 0 aliphatic rings. The topological polar surface area (TPSA) is 46.5 Å². The van der Waals surface area contributed by atoms with E-state index in [2.05, 4.69) is 101 Å². The largest absolute Gasteiger partial charge is 0.360 e. The fourth-order valence-corrected chi connectivity index (χ4v) is 4.50. The van der Waals surface area contributed by atoms with Crippen LogP contribution in [0.1, 0.15) is 89.7 Å². The number of nitrogens with zero attached hydrogens (tertiary/aromatic N) is 3. The van der Waals surface area contributed by atoms with Crippen molar-refractivity contribution < 1.29 is 0 Å². The molecule has 0 saturated carbocycles. The molecule has 1 atom stereocenters. The number of H-pyrrole nitrogens is 1. The van der Waals surface area contributed by atoms with E-state index in [0.29, 0.717) is 17.9 Å². The van der Waals surface area contributed by atoms with Gasteiger partial charge in [-0.05, 0) is 61.1 Å². The van der Waals surface area contributed by atoms with Gasteiger partial charge in [0, 0.05) is 40.6 Å². The van der Waals surface area contributed by atoms with Crippen LogP contribution in [0.25, 0.3) is 22.1 Å². The third-order valence-corrected chi connectivity index (χ3v) is 6.33. The minimum atomic E-state index is -0.0502. The van der Waals surface area contributed by atoms with Gasteiger partial charge in [-0.3, -0.25) is 4.98 Å². The Bertz CT molecular complexity index is 1180. The maximum Gasteiger partial charge on any atom is 0.140 e. The first-order valence-electron chi connectivity index (χ1n) is 11.1. The monoisotopic (exact) mass is 402 g/mol. The number of hydrogen-bond donors (Lipinski definition) is 1. The summed E-state index contributed by atoms with van der Waals surface area (Å²) in [5.41, 5.74) is 6.85. The maximum atomic E-state index is 5.11. The summed E-state index contributed by atoms with van der Waals surface area (Å²) in [6, 6.07) is 11.2. The molecule has 0 bridgehead atoms. The summed E-state index contributed by atoms with van der Waals surface area (Å²) in [5, 5.41) is 1.21. The van der Waals surface area contributed by atoms with Crippen molar-refractivity contribution in [3.05, 3.63) is 59.7 Å². The first-order valence-corrected chi connectivity index (χ1v) is 11.1. The van der Waals surface area contributed by atoms with Crippen LogP contribution < -0.4 is 0 Å². The van der Waals surface area contributed by atoms with Crippen LogP contribution in [0.2, 0.25) is 0 Å². The van der Waals surface area contributed by atoms with Gasteiger partial charge in [-0.25, -0.2) is 4.98 Å². The molecule has 0 saturated heterocycles. The average Bonchev–Trinajstić information content (AvgIpc) is 3.30. The highest BCUT2D eigenvalue weighted by molar-refractivity contribution is 5.79. The lowest BCUT2D eigenvalue weighted by Gasteiger charge is -2.29. The van der Waals surface area contributed by atoms with Crippen molar-refractivity contribution in [1.82, 2.24) is 19.5 Å². The fourth-order valence-electron chi connectivity index (χ4n) is 4.50. The molecule has 4 nitrogen and oxygen atoms in total. The molecule has 0 aliphatic heterocycles. The maximum absolute atomic E-state index is 5.11. The van der Waals surface area contributed by atoms with E-state index in [4.69, 9.17) is 9.97 Å². The smallest absolute Gasteiger partial charge is 0.140 e. The molecule has 4 aromatic heterocycles. The Kier molecular flexibility index (Phi) is 5.21. The first-order chi connectivity index (χ1) is 14.2. The normalized spacial score (nSPS) is 13.8. The lowest BCUT2D eigenvalue weighted by Crippen LogP contribution is -2.23. The van der Waals surface area contributed by atoms with Crippen molar-refractivity contribution in [2.45, 2.75) is 78.2 Å². The average molecular weight is 403 g/mol. The Morgan fingerprint density at radius 1 is 0.933 bits per heavy atom. The SMILES string of the molecule is CC(C)c1ccc2ccn(C(C)CC(C)(C)c3ccc4[nH]cc(C(C)C)c4n3)c2n1. The Labute approximate surface area is 179 Å². The highest BCUT2D eigenvalue weighted by atomic mass is 15.1. The van der Waals surface area contributed by atoms with Crippen molar-refractivity contribution in [2.24, 2.45) is 0 Å². The molecule has 1 N–H and O–H groups in total. The van der Waals surface area contributed by atoms with E-state index in [0.717, 1.165) is 34.5 Å². The van der Waals surface area contributed by atoms with Gasteiger partial charge in [0.25, 0.3) is 0 Å². The Hall–Kier alpha value is -2.62. The van der Waals surface area contributed by atoms with Gasteiger partial charge in [-0.2, -0.15) is 0 Å². The van der Waals surface area contributed by atoms with Gasteiger partial charge in [-0.1, -0.05) is 41.5 Å². The summed E-state index contributed by atoms with van der Waals surface area (Å²) in [6.45, 7) is 15.7. The second-order valence-electron chi connectivity index (χ2n) is 9.96. The van der Waals surface area contributed by atoms with E-state index < -0.39 is 0 Å². The molecular weight excluding hydrogens is 368 g/mol. The molecule has 0 aromatic carbocycles. The summed E-state index contributed by atoms with van der Waals surface area (Å²) in [4.78, 5) is 13.4. The van der Waals surface area contributed by atoms with E-state index in [-0.39, 0.29) is 5.41 Å². The lowest BCUT2D eigenvalue weighted by molar-refractivity contribution is 0.372. The van der Waals surface area contributed by atoms with Gasteiger partial charge in [0.05, 0.1) is 11.0 Å². The predicted molar refractivity (Wildman–Crippen MR) is 126 cm³/mol. The minimum absolute atomic E-state index is 0.0502. The number of rotatable bonds is 6. The Balaban J connectivity index is 1.66. The van der Waals surface area contributed by atoms with Crippen LogP contribution >= 0.6 is 0 Å². The predicted octanol–water partition coefficient (Wildman–Crippen LogP) is 7.09. The van der Waals surface area contributed by atoms with Crippen molar-refractivity contribution in [3.8, 4) is 0 Å². The van der Waals surface area contributed by atoms with Gasteiger partial charge >= 0.3 is 0 Å². The quantitative estimate of drug-likeness (QED) is 0.374. The molecule has 0 amide bonds. The van der Waals surface area contributed by atoms with Crippen LogP contribution in [-0.2, 0) is 5.41 Å². The summed E-state index contributed by atoms with van der Waals surface area (Å²) in [7, 11) is 0. The van der Waals surface area contributed by atoms with E-state index in [1.54, 1.807) is 0 Å². The molecule has 0 aliphatic carbocycles. The summed E-state index contributed by atoms with van der Waals surface area (Å²) in [5.74, 6) is 0.882. The molecule has 4 rings (SSSR count). The third-order valence-electron chi connectivity index (χ3n) is 6.33. The molecular formula is C26H34N4. The van der Waals surface area contributed by atoms with Gasteiger partial charge in [0.15, 0.2) is 0 Å². The summed E-state index contributed by atoms with van der Waals surface area (Å²) >= 11 is 0. The Morgan fingerprint density at radius 2 is 1.70 bits per heavy atom. The molecule has 4 heteroatoms. The second-order valence-corrected chi connectivity index (χ2v) is 9.96. The molecule has 0 spiro atoms. The number of fused-ring (bicyclic) bond motifs is 2. The van der Waals surface area contributed by atoms with Gasteiger partial charge in [0.2, 0.25) is 0 Å². The highest BCUT2D eigenvalue weighted by Crippen LogP contribution is 2.35. The molecule has 0 radical (unpaired) electrons. The number of aromatic nitrogens is 4. The van der Waals surface area contributed by atoms with Crippen LogP contribution in [0.3, 0.4) is 0 Å². The van der Waals surface area contributed by atoms with E-state index in [1.807, 2.05) is 0 Å². The van der Waals surface area contributed by atoms with E-state index in [9.17, 15) is 0 Å². The number of aromatic amines is 1. The third kappa shape index (κ3) is 3.64. The van der Waals surface area contributed by atoms with Crippen LogP contribution in [0.4, 0.5) is 0 Å². The Morgan fingerprint density at radius 3 is 2.40 bits per heavy atom. The van der Waals surface area contributed by atoms with Gasteiger partial charge < -0.3 is 9.55 Å². The molecule has 30 heavy (non-hydrogen) atoms. The zero-order chi connectivity index (χ0) is 21.6. The fraction of sp³-hybridized carbons (Fsp3) is 0.462. The molecule has 0 fully saturated rings. The first kappa shape index (κ1) is 20.6. The summed E-state index contributed by atoms with van der Waals surface area (Å²) < 4.78 is 2.33. The van der Waals surface area contributed by atoms with Crippen LogP contribution in [0.5, 0.6) is 0 Å².